The molecule has 0 radical (unpaired) electrons. The molecular formula is C14H17NO3. The Labute approximate surface area is 106 Å². The quantitative estimate of drug-likeness (QED) is 0.636. The summed E-state index contributed by atoms with van der Waals surface area (Å²) in [7, 11) is 0. The van der Waals surface area contributed by atoms with E-state index in [2.05, 4.69) is 0 Å². The van der Waals surface area contributed by atoms with E-state index in [0.717, 1.165) is 11.1 Å². The van der Waals surface area contributed by atoms with Gasteiger partial charge in [-0.05, 0) is 26.3 Å². The Hall–Kier alpha value is -1.84. The van der Waals surface area contributed by atoms with E-state index in [-0.39, 0.29) is 5.92 Å². The number of ether oxygens (including phenoxy) is 1. The van der Waals surface area contributed by atoms with Crippen LogP contribution in [0.4, 0.5) is 0 Å². The minimum Gasteiger partial charge on any atom is -0.458 e. The maximum Gasteiger partial charge on any atom is 0.319 e. The smallest absolute Gasteiger partial charge is 0.319 e. The van der Waals surface area contributed by atoms with Gasteiger partial charge < -0.3 is 10.5 Å². The molecule has 1 heterocycles. The van der Waals surface area contributed by atoms with E-state index in [9.17, 15) is 9.59 Å². The van der Waals surface area contributed by atoms with E-state index in [1.54, 1.807) is 13.8 Å². The molecule has 4 heteroatoms. The molecule has 18 heavy (non-hydrogen) atoms. The topological polar surface area (TPSA) is 69.4 Å². The predicted molar refractivity (Wildman–Crippen MR) is 66.8 cm³/mol. The average molecular weight is 247 g/mol. The molecular weight excluding hydrogens is 230 g/mol. The van der Waals surface area contributed by atoms with Crippen molar-refractivity contribution in [2.75, 3.05) is 0 Å². The molecule has 0 bridgehead atoms. The lowest BCUT2D eigenvalue weighted by molar-refractivity contribution is -0.150. The van der Waals surface area contributed by atoms with Crippen molar-refractivity contribution in [1.29, 1.82) is 0 Å². The molecule has 4 nitrogen and oxygen atoms in total. The van der Waals surface area contributed by atoms with Crippen LogP contribution in [0.15, 0.2) is 24.3 Å². The number of hydrogen-bond donors (Lipinski definition) is 1. The third-order valence-corrected chi connectivity index (χ3v) is 3.44. The van der Waals surface area contributed by atoms with Gasteiger partial charge >= 0.3 is 5.97 Å². The highest BCUT2D eigenvalue weighted by molar-refractivity contribution is 6.00. The highest BCUT2D eigenvalue weighted by Gasteiger charge is 2.53. The number of carbonyl (C=O) groups excluding carboxylic acids is 2. The molecule has 1 fully saturated rings. The van der Waals surface area contributed by atoms with Crippen LogP contribution in [0.25, 0.3) is 0 Å². The molecule has 2 unspecified atom stereocenters. The summed E-state index contributed by atoms with van der Waals surface area (Å²) in [6.45, 7) is 5.59. The molecule has 1 aromatic carbocycles. The van der Waals surface area contributed by atoms with Gasteiger partial charge in [-0.3, -0.25) is 9.59 Å². The normalized spacial score (nSPS) is 25.8. The zero-order valence-corrected chi connectivity index (χ0v) is 10.8. The summed E-state index contributed by atoms with van der Waals surface area (Å²) in [5.74, 6) is -2.39. The van der Waals surface area contributed by atoms with E-state index in [4.69, 9.17) is 10.5 Å². The third-order valence-electron chi connectivity index (χ3n) is 3.44. The van der Waals surface area contributed by atoms with Crippen LogP contribution in [0.2, 0.25) is 0 Å². The fourth-order valence-corrected chi connectivity index (χ4v) is 2.57. The first-order valence-electron chi connectivity index (χ1n) is 5.91. The molecule has 0 aromatic heterocycles. The van der Waals surface area contributed by atoms with Crippen LogP contribution in [-0.2, 0) is 14.3 Å². The van der Waals surface area contributed by atoms with Crippen molar-refractivity contribution in [3.63, 3.8) is 0 Å². The first-order valence-corrected chi connectivity index (χ1v) is 5.91. The Morgan fingerprint density at radius 3 is 2.33 bits per heavy atom. The van der Waals surface area contributed by atoms with E-state index in [1.807, 2.05) is 31.2 Å². The lowest BCUT2D eigenvalue weighted by atomic mass is 9.77. The summed E-state index contributed by atoms with van der Waals surface area (Å²) in [6.07, 6.45) is 0. The standard InChI is InChI=1S/C14H17NO3/c1-8-4-6-9(7-5-8)11-10(12(15)16)13(17)18-14(11,2)3/h4-7,10-11H,1-3H3,(H2,15,16). The van der Waals surface area contributed by atoms with Gasteiger partial charge in [0.25, 0.3) is 0 Å². The third kappa shape index (κ3) is 1.98. The number of amides is 1. The van der Waals surface area contributed by atoms with Gasteiger partial charge in [0, 0.05) is 5.92 Å². The largest absolute Gasteiger partial charge is 0.458 e. The highest BCUT2D eigenvalue weighted by Crippen LogP contribution is 2.44. The monoisotopic (exact) mass is 247 g/mol. The number of primary amides is 1. The van der Waals surface area contributed by atoms with E-state index >= 15 is 0 Å². The highest BCUT2D eigenvalue weighted by atomic mass is 16.6. The van der Waals surface area contributed by atoms with Crippen molar-refractivity contribution in [1.82, 2.24) is 0 Å². The molecule has 2 rings (SSSR count). The molecule has 1 aromatic rings. The number of rotatable bonds is 2. The van der Waals surface area contributed by atoms with Gasteiger partial charge in [0.1, 0.15) is 11.5 Å². The van der Waals surface area contributed by atoms with Crippen molar-refractivity contribution < 1.29 is 14.3 Å². The Balaban J connectivity index is 2.47. The van der Waals surface area contributed by atoms with Crippen molar-refractivity contribution in [3.05, 3.63) is 35.4 Å². The minimum atomic E-state index is -0.900. The van der Waals surface area contributed by atoms with Crippen LogP contribution < -0.4 is 5.73 Å². The molecule has 0 aliphatic carbocycles. The van der Waals surface area contributed by atoms with Crippen molar-refractivity contribution in [2.24, 2.45) is 11.7 Å². The second kappa shape index (κ2) is 4.12. The predicted octanol–water partition coefficient (Wildman–Crippen LogP) is 1.52. The van der Waals surface area contributed by atoms with Gasteiger partial charge in [-0.25, -0.2) is 0 Å². The van der Waals surface area contributed by atoms with Crippen LogP contribution >= 0.6 is 0 Å². The number of cyclic esters (lactones) is 1. The Bertz CT molecular complexity index is 490. The number of hydrogen-bond acceptors (Lipinski definition) is 3. The summed E-state index contributed by atoms with van der Waals surface area (Å²) in [5, 5.41) is 0. The molecule has 1 aliphatic heterocycles. The van der Waals surface area contributed by atoms with Crippen LogP contribution in [0.3, 0.4) is 0 Å². The van der Waals surface area contributed by atoms with Gasteiger partial charge in [-0.1, -0.05) is 29.8 Å². The summed E-state index contributed by atoms with van der Waals surface area (Å²) in [4.78, 5) is 23.2. The fraction of sp³-hybridized carbons (Fsp3) is 0.429. The molecule has 1 saturated heterocycles. The summed E-state index contributed by atoms with van der Waals surface area (Å²) in [5.41, 5.74) is 6.64. The average Bonchev–Trinajstić information content (AvgIpc) is 2.49. The maximum atomic E-state index is 11.8. The zero-order chi connectivity index (χ0) is 13.5. The SMILES string of the molecule is Cc1ccc(C2C(C(N)=O)C(=O)OC2(C)C)cc1. The summed E-state index contributed by atoms with van der Waals surface area (Å²) in [6, 6.07) is 7.73. The van der Waals surface area contributed by atoms with Gasteiger partial charge in [0.05, 0.1) is 0 Å². The lowest BCUT2D eigenvalue weighted by Gasteiger charge is -2.26. The van der Waals surface area contributed by atoms with Crippen LogP contribution in [-0.4, -0.2) is 17.5 Å². The Kier molecular flexibility index (Phi) is 2.89. The van der Waals surface area contributed by atoms with E-state index < -0.39 is 23.4 Å². The van der Waals surface area contributed by atoms with Crippen LogP contribution in [0.5, 0.6) is 0 Å². The van der Waals surface area contributed by atoms with Crippen molar-refractivity contribution >= 4 is 11.9 Å². The van der Waals surface area contributed by atoms with Crippen molar-refractivity contribution in [2.45, 2.75) is 32.3 Å². The molecule has 1 aliphatic rings. The summed E-state index contributed by atoms with van der Waals surface area (Å²) >= 11 is 0. The number of esters is 1. The minimum absolute atomic E-state index is 0.330. The zero-order valence-electron chi connectivity index (χ0n) is 10.8. The molecule has 0 spiro atoms. The van der Waals surface area contributed by atoms with Crippen LogP contribution in [0, 0.1) is 12.8 Å². The maximum absolute atomic E-state index is 11.8. The van der Waals surface area contributed by atoms with Crippen LogP contribution in [0.1, 0.15) is 30.9 Å². The summed E-state index contributed by atoms with van der Waals surface area (Å²) < 4.78 is 5.28. The fourth-order valence-electron chi connectivity index (χ4n) is 2.57. The first-order chi connectivity index (χ1) is 8.33. The van der Waals surface area contributed by atoms with E-state index in [1.165, 1.54) is 0 Å². The number of aryl methyl sites for hydroxylation is 1. The van der Waals surface area contributed by atoms with Crippen molar-refractivity contribution in [3.8, 4) is 0 Å². The second-order valence-electron chi connectivity index (χ2n) is 5.29. The molecule has 1 amide bonds. The van der Waals surface area contributed by atoms with E-state index in [0.29, 0.717) is 0 Å². The molecule has 2 N–H and O–H groups in total. The van der Waals surface area contributed by atoms with Gasteiger partial charge in [0.2, 0.25) is 5.91 Å². The Morgan fingerprint density at radius 1 is 1.28 bits per heavy atom. The molecule has 0 saturated carbocycles. The lowest BCUT2D eigenvalue weighted by Crippen LogP contribution is -2.34. The second-order valence-corrected chi connectivity index (χ2v) is 5.29. The van der Waals surface area contributed by atoms with Gasteiger partial charge in [0.15, 0.2) is 0 Å². The molecule has 96 valence electrons. The van der Waals surface area contributed by atoms with Gasteiger partial charge in [-0.15, -0.1) is 0 Å². The van der Waals surface area contributed by atoms with Gasteiger partial charge in [-0.2, -0.15) is 0 Å². The molecule has 2 atom stereocenters. The Morgan fingerprint density at radius 2 is 1.83 bits per heavy atom. The number of benzene rings is 1. The number of nitrogens with two attached hydrogens (primary N) is 1. The first kappa shape index (κ1) is 12.6. The number of carbonyl (C=O) groups is 2.